The predicted molar refractivity (Wildman–Crippen MR) is 198 cm³/mol. The quantitative estimate of drug-likeness (QED) is 0.231. The zero-order valence-electron chi connectivity index (χ0n) is 30.6. The summed E-state index contributed by atoms with van der Waals surface area (Å²) in [5, 5.41) is 9.29. The molecule has 0 spiro atoms. The van der Waals surface area contributed by atoms with E-state index in [1.54, 1.807) is 18.9 Å². The second-order valence-corrected chi connectivity index (χ2v) is 13.6. The molecule has 3 atom stereocenters. The maximum atomic E-state index is 13.8. The Balaban J connectivity index is 0.000000411. The number of hydrogen-bond acceptors (Lipinski definition) is 6. The topological polar surface area (TPSA) is 117 Å². The van der Waals surface area contributed by atoms with Crippen molar-refractivity contribution in [2.24, 2.45) is 5.92 Å². The molecule has 2 heterocycles. The maximum absolute atomic E-state index is 13.8. The van der Waals surface area contributed by atoms with Gasteiger partial charge in [-0.05, 0) is 98.7 Å². The summed E-state index contributed by atoms with van der Waals surface area (Å²) in [5.74, 6) is 0.351. The molecule has 51 heavy (non-hydrogen) atoms. The van der Waals surface area contributed by atoms with Gasteiger partial charge in [0.1, 0.15) is 0 Å². The Bertz CT molecular complexity index is 1670. The number of halogens is 1. The van der Waals surface area contributed by atoms with Crippen molar-refractivity contribution in [3.05, 3.63) is 87.9 Å². The van der Waals surface area contributed by atoms with E-state index in [9.17, 15) is 19.2 Å². The number of hydrogen-bond donors (Lipinski definition) is 1. The van der Waals surface area contributed by atoms with Crippen molar-refractivity contribution in [1.82, 2.24) is 9.80 Å². The molecule has 0 bridgehead atoms. The lowest BCUT2D eigenvalue weighted by molar-refractivity contribution is -0.145. The first kappa shape index (κ1) is 39.2. The summed E-state index contributed by atoms with van der Waals surface area (Å²) in [6, 6.07) is 19.0. The minimum absolute atomic E-state index is 0.0134. The van der Waals surface area contributed by atoms with E-state index in [0.29, 0.717) is 49.0 Å². The fraction of sp³-hybridized carbons (Fsp3) is 0.450. The number of carboxylic acid groups (broad SMARTS) is 1. The number of aliphatic carboxylic acids is 1. The maximum Gasteiger partial charge on any atom is 0.306 e. The van der Waals surface area contributed by atoms with Crippen LogP contribution in [0.5, 0.6) is 11.5 Å². The van der Waals surface area contributed by atoms with E-state index in [4.69, 9.17) is 26.2 Å². The standard InChI is InChI=1S/C32H37ClN2O4.C8H13NO3/c1-7-20(3)39-30-19-28-25(17-29(30)38-6)18-31(37)35(32(28)24-9-13-26(33)14-10-24)27-15-11-23(12-16-27)21(4)34(8-2)22(5)36;1-6(10)9-4-2-7(3-5-9)8(11)12/h9-17,19-21,32H,7-8,18H2,1-6H3;7H,2-5H2,1H3,(H,11,12)/t20-,21?,32?;/m1./s1. The summed E-state index contributed by atoms with van der Waals surface area (Å²) in [6.07, 6.45) is 2.30. The molecule has 0 radical (unpaired) electrons. The summed E-state index contributed by atoms with van der Waals surface area (Å²) in [6.45, 7) is 13.0. The van der Waals surface area contributed by atoms with Crippen LogP contribution in [0.15, 0.2) is 60.7 Å². The van der Waals surface area contributed by atoms with Crippen LogP contribution in [0.25, 0.3) is 0 Å². The van der Waals surface area contributed by atoms with Crippen LogP contribution < -0.4 is 14.4 Å². The normalized spacial score (nSPS) is 17.0. The van der Waals surface area contributed by atoms with Gasteiger partial charge in [0.15, 0.2) is 11.5 Å². The van der Waals surface area contributed by atoms with Crippen LogP contribution in [0.2, 0.25) is 5.02 Å². The van der Waals surface area contributed by atoms with Crippen molar-refractivity contribution >= 4 is 41.0 Å². The fourth-order valence-electron chi connectivity index (χ4n) is 6.68. The number of anilines is 1. The van der Waals surface area contributed by atoms with Crippen molar-refractivity contribution < 1.29 is 33.8 Å². The van der Waals surface area contributed by atoms with E-state index in [1.807, 2.05) is 91.2 Å². The van der Waals surface area contributed by atoms with Crippen LogP contribution in [0.1, 0.15) is 95.1 Å². The van der Waals surface area contributed by atoms with Gasteiger partial charge >= 0.3 is 5.97 Å². The van der Waals surface area contributed by atoms with Gasteiger partial charge in [-0.3, -0.25) is 19.2 Å². The molecule has 1 fully saturated rings. The third-order valence-corrected chi connectivity index (χ3v) is 10.1. The number of nitrogens with zero attached hydrogens (tertiary/aromatic N) is 3. The number of carbonyl (C=O) groups is 4. The second kappa shape index (κ2) is 17.6. The number of fused-ring (bicyclic) bond motifs is 1. The van der Waals surface area contributed by atoms with Gasteiger partial charge in [-0.2, -0.15) is 0 Å². The average Bonchev–Trinajstić information content (AvgIpc) is 3.11. The number of rotatable bonds is 10. The highest BCUT2D eigenvalue weighted by Crippen LogP contribution is 2.44. The van der Waals surface area contributed by atoms with Crippen LogP contribution in [0.4, 0.5) is 5.69 Å². The van der Waals surface area contributed by atoms with Gasteiger partial charge in [0, 0.05) is 44.2 Å². The van der Waals surface area contributed by atoms with E-state index in [1.165, 1.54) is 6.92 Å². The Morgan fingerprint density at radius 3 is 2.10 bits per heavy atom. The minimum Gasteiger partial charge on any atom is -0.493 e. The Kier molecular flexibility index (Phi) is 13.5. The molecule has 2 aliphatic rings. The predicted octanol–water partition coefficient (Wildman–Crippen LogP) is 7.46. The van der Waals surface area contributed by atoms with Crippen LogP contribution in [0.3, 0.4) is 0 Å². The molecule has 0 saturated carbocycles. The first-order valence-electron chi connectivity index (χ1n) is 17.6. The number of benzene rings is 3. The molecule has 3 amide bonds. The zero-order chi connectivity index (χ0) is 37.4. The summed E-state index contributed by atoms with van der Waals surface area (Å²) < 4.78 is 11.9. The lowest BCUT2D eigenvalue weighted by Crippen LogP contribution is -2.41. The fourth-order valence-corrected chi connectivity index (χ4v) is 6.80. The lowest BCUT2D eigenvalue weighted by Gasteiger charge is -2.38. The molecule has 11 heteroatoms. The van der Waals surface area contributed by atoms with Gasteiger partial charge in [0.05, 0.1) is 37.6 Å². The Morgan fingerprint density at radius 2 is 1.59 bits per heavy atom. The molecular formula is C40H50ClN3O7. The smallest absolute Gasteiger partial charge is 0.306 e. The third kappa shape index (κ3) is 9.41. The number of methoxy groups -OCH3 is 1. The highest BCUT2D eigenvalue weighted by molar-refractivity contribution is 6.30. The Labute approximate surface area is 306 Å². The van der Waals surface area contributed by atoms with Crippen LogP contribution in [0, 0.1) is 5.92 Å². The van der Waals surface area contributed by atoms with Gasteiger partial charge in [-0.1, -0.05) is 42.8 Å². The van der Waals surface area contributed by atoms with Gasteiger partial charge in [0.2, 0.25) is 17.7 Å². The largest absolute Gasteiger partial charge is 0.493 e. The summed E-state index contributed by atoms with van der Waals surface area (Å²) in [4.78, 5) is 52.6. The highest BCUT2D eigenvalue weighted by Gasteiger charge is 2.36. The highest BCUT2D eigenvalue weighted by atomic mass is 35.5. The van der Waals surface area contributed by atoms with Crippen molar-refractivity contribution in [3.63, 3.8) is 0 Å². The molecule has 1 saturated heterocycles. The molecule has 2 unspecified atom stereocenters. The lowest BCUT2D eigenvalue weighted by atomic mass is 9.86. The van der Waals surface area contributed by atoms with Crippen molar-refractivity contribution in [3.8, 4) is 11.5 Å². The molecule has 1 N–H and O–H groups in total. The van der Waals surface area contributed by atoms with Crippen molar-refractivity contribution in [2.45, 2.75) is 85.4 Å². The van der Waals surface area contributed by atoms with Gasteiger partial charge in [-0.25, -0.2) is 0 Å². The Morgan fingerprint density at radius 1 is 0.961 bits per heavy atom. The van der Waals surface area contributed by atoms with Crippen molar-refractivity contribution in [1.29, 1.82) is 0 Å². The van der Waals surface area contributed by atoms with E-state index in [2.05, 4.69) is 6.92 Å². The number of carboxylic acids is 1. The van der Waals surface area contributed by atoms with Gasteiger partial charge in [0.25, 0.3) is 0 Å². The third-order valence-electron chi connectivity index (χ3n) is 9.83. The molecule has 0 aliphatic carbocycles. The van der Waals surface area contributed by atoms with E-state index >= 15 is 0 Å². The van der Waals surface area contributed by atoms with E-state index < -0.39 is 5.97 Å². The van der Waals surface area contributed by atoms with Crippen LogP contribution in [-0.2, 0) is 25.6 Å². The molecule has 2 aliphatic heterocycles. The first-order valence-corrected chi connectivity index (χ1v) is 18.0. The molecule has 0 aromatic heterocycles. The zero-order valence-corrected chi connectivity index (χ0v) is 31.4. The average molecular weight is 720 g/mol. The van der Waals surface area contributed by atoms with Gasteiger partial charge < -0.3 is 29.3 Å². The monoisotopic (exact) mass is 719 g/mol. The SMILES string of the molecule is CC(=O)N1CCC(C(=O)O)CC1.CC[C@@H](C)Oc1cc2c(cc1OC)CC(=O)N(c1ccc(C(C)N(CC)C(C)=O)cc1)C2c1ccc(Cl)cc1. The van der Waals surface area contributed by atoms with E-state index in [-0.39, 0.29) is 48.2 Å². The molecule has 274 valence electrons. The molecule has 3 aromatic carbocycles. The van der Waals surface area contributed by atoms with Crippen LogP contribution >= 0.6 is 11.6 Å². The van der Waals surface area contributed by atoms with E-state index in [0.717, 1.165) is 34.4 Å². The molecule has 3 aromatic rings. The molecule has 10 nitrogen and oxygen atoms in total. The molecule has 5 rings (SSSR count). The number of amides is 3. The first-order chi connectivity index (χ1) is 24.3. The number of ether oxygens (including phenoxy) is 2. The summed E-state index contributed by atoms with van der Waals surface area (Å²) >= 11 is 6.23. The van der Waals surface area contributed by atoms with Crippen molar-refractivity contribution in [2.75, 3.05) is 31.6 Å². The summed E-state index contributed by atoms with van der Waals surface area (Å²) in [7, 11) is 1.62. The number of piperidine rings is 1. The molecular weight excluding hydrogens is 670 g/mol. The van der Waals surface area contributed by atoms with Crippen LogP contribution in [-0.4, -0.2) is 71.4 Å². The van der Waals surface area contributed by atoms with Gasteiger partial charge in [-0.15, -0.1) is 0 Å². The number of likely N-dealkylation sites (tertiary alicyclic amines) is 1. The minimum atomic E-state index is -0.738. The Hall–Kier alpha value is -4.57. The number of carbonyl (C=O) groups excluding carboxylic acids is 3. The summed E-state index contributed by atoms with van der Waals surface area (Å²) in [5.41, 5.74) is 4.64. The second-order valence-electron chi connectivity index (χ2n) is 13.1.